The molecule has 5 nitrogen and oxygen atoms in total. The van der Waals surface area contributed by atoms with Crippen LogP contribution in [0.15, 0.2) is 36.8 Å². The number of hydrogen-bond donors (Lipinski definition) is 0. The number of carbonyl (C=O) groups excluding carboxylic acids is 1. The number of piperidine rings is 1. The summed E-state index contributed by atoms with van der Waals surface area (Å²) >= 11 is 0. The van der Waals surface area contributed by atoms with Crippen molar-refractivity contribution in [2.24, 2.45) is 5.41 Å². The molecule has 26 heavy (non-hydrogen) atoms. The molecule has 2 aliphatic rings. The third-order valence-corrected chi connectivity index (χ3v) is 5.44. The average Bonchev–Trinajstić information content (AvgIpc) is 3.09. The molecular weight excluding hydrogens is 338 g/mol. The molecule has 4 rings (SSSR count). The lowest BCUT2D eigenvalue weighted by atomic mass is 9.78. The molecule has 0 aliphatic carbocycles. The van der Waals surface area contributed by atoms with Gasteiger partial charge in [-0.25, -0.2) is 13.8 Å². The Morgan fingerprint density at radius 2 is 2.04 bits per heavy atom. The summed E-state index contributed by atoms with van der Waals surface area (Å²) in [5.74, 6) is -0.951. The van der Waals surface area contributed by atoms with Gasteiger partial charge in [0, 0.05) is 44.1 Å². The Labute approximate surface area is 150 Å². The molecule has 7 heteroatoms. The van der Waals surface area contributed by atoms with E-state index in [-0.39, 0.29) is 18.0 Å². The number of halogens is 2. The Balaban J connectivity index is 1.52. The summed E-state index contributed by atoms with van der Waals surface area (Å²) in [5.41, 5.74) is -0.251. The molecule has 1 aromatic heterocycles. The fourth-order valence-electron chi connectivity index (χ4n) is 4.08. The SMILES string of the molecule is O=C1N(Cc2cccc(F)c2F)CCCC12CCN(c1cnccn1)C2. The van der Waals surface area contributed by atoms with Crippen LogP contribution in [0.2, 0.25) is 0 Å². The number of nitrogens with zero attached hydrogens (tertiary/aromatic N) is 4. The predicted octanol–water partition coefficient (Wildman–Crippen LogP) is 2.77. The van der Waals surface area contributed by atoms with Gasteiger partial charge >= 0.3 is 0 Å². The van der Waals surface area contributed by atoms with Gasteiger partial charge in [0.05, 0.1) is 11.6 Å². The second-order valence-electron chi connectivity index (χ2n) is 7.06. The van der Waals surface area contributed by atoms with Crippen LogP contribution in [0.4, 0.5) is 14.6 Å². The first-order valence-corrected chi connectivity index (χ1v) is 8.82. The summed E-state index contributed by atoms with van der Waals surface area (Å²) in [6.45, 7) is 2.01. The van der Waals surface area contributed by atoms with Crippen LogP contribution >= 0.6 is 0 Å². The zero-order valence-corrected chi connectivity index (χ0v) is 14.4. The Bertz CT molecular complexity index is 816. The third-order valence-electron chi connectivity index (χ3n) is 5.44. The maximum Gasteiger partial charge on any atom is 0.230 e. The number of amides is 1. The molecule has 1 amide bonds. The molecule has 0 N–H and O–H groups in total. The molecule has 2 aromatic rings. The minimum Gasteiger partial charge on any atom is -0.354 e. The fraction of sp³-hybridized carbons (Fsp3) is 0.421. The van der Waals surface area contributed by atoms with Crippen molar-refractivity contribution in [3.05, 3.63) is 54.0 Å². The number of hydrogen-bond acceptors (Lipinski definition) is 4. The summed E-state index contributed by atoms with van der Waals surface area (Å²) in [6, 6.07) is 4.10. The van der Waals surface area contributed by atoms with Gasteiger partial charge < -0.3 is 9.80 Å². The van der Waals surface area contributed by atoms with E-state index in [0.717, 1.165) is 37.7 Å². The maximum atomic E-state index is 14.0. The van der Waals surface area contributed by atoms with Crippen LogP contribution in [0.5, 0.6) is 0 Å². The first kappa shape index (κ1) is 16.9. The second kappa shape index (κ2) is 6.63. The van der Waals surface area contributed by atoms with Gasteiger partial charge in [-0.15, -0.1) is 0 Å². The van der Waals surface area contributed by atoms with Crippen molar-refractivity contribution in [2.75, 3.05) is 24.5 Å². The van der Waals surface area contributed by atoms with E-state index in [2.05, 4.69) is 14.9 Å². The lowest BCUT2D eigenvalue weighted by Gasteiger charge is -2.39. The minimum absolute atomic E-state index is 0.0267. The molecular formula is C19H20F2N4O. The number of likely N-dealkylation sites (tertiary alicyclic amines) is 1. The molecule has 3 heterocycles. The van der Waals surface area contributed by atoms with Crippen LogP contribution in [0, 0.1) is 17.0 Å². The maximum absolute atomic E-state index is 14.0. The van der Waals surface area contributed by atoms with Gasteiger partial charge in [0.1, 0.15) is 5.82 Å². The molecule has 1 unspecified atom stereocenters. The van der Waals surface area contributed by atoms with Crippen molar-refractivity contribution >= 4 is 11.7 Å². The molecule has 2 saturated heterocycles. The van der Waals surface area contributed by atoms with E-state index in [0.29, 0.717) is 13.1 Å². The van der Waals surface area contributed by atoms with Gasteiger partial charge in [-0.05, 0) is 25.3 Å². The summed E-state index contributed by atoms with van der Waals surface area (Å²) in [5, 5.41) is 0. The molecule has 1 aromatic carbocycles. The van der Waals surface area contributed by atoms with Gasteiger partial charge in [0.15, 0.2) is 11.6 Å². The monoisotopic (exact) mass is 358 g/mol. The zero-order chi connectivity index (χ0) is 18.1. The minimum atomic E-state index is -0.878. The highest BCUT2D eigenvalue weighted by Gasteiger charge is 2.48. The van der Waals surface area contributed by atoms with Gasteiger partial charge in [-0.3, -0.25) is 9.78 Å². The zero-order valence-electron chi connectivity index (χ0n) is 14.4. The lowest BCUT2D eigenvalue weighted by Crippen LogP contribution is -2.49. The van der Waals surface area contributed by atoms with E-state index < -0.39 is 17.0 Å². The Hall–Kier alpha value is -2.57. The molecule has 1 spiro atoms. The van der Waals surface area contributed by atoms with Crippen LogP contribution in [-0.4, -0.2) is 40.4 Å². The summed E-state index contributed by atoms with van der Waals surface area (Å²) in [4.78, 5) is 25.3. The van der Waals surface area contributed by atoms with Crippen molar-refractivity contribution in [3.8, 4) is 0 Å². The van der Waals surface area contributed by atoms with Crippen molar-refractivity contribution in [2.45, 2.75) is 25.8 Å². The fourth-order valence-corrected chi connectivity index (χ4v) is 4.08. The summed E-state index contributed by atoms with van der Waals surface area (Å²) in [7, 11) is 0. The molecule has 0 saturated carbocycles. The van der Waals surface area contributed by atoms with E-state index in [4.69, 9.17) is 0 Å². The molecule has 2 fully saturated rings. The van der Waals surface area contributed by atoms with E-state index in [9.17, 15) is 13.6 Å². The average molecular weight is 358 g/mol. The quantitative estimate of drug-likeness (QED) is 0.847. The number of anilines is 1. The molecule has 0 bridgehead atoms. The normalized spacial score (nSPS) is 23.1. The van der Waals surface area contributed by atoms with Gasteiger partial charge in [-0.1, -0.05) is 12.1 Å². The number of rotatable bonds is 3. The van der Waals surface area contributed by atoms with Gasteiger partial charge in [0.25, 0.3) is 0 Å². The highest BCUT2D eigenvalue weighted by molar-refractivity contribution is 5.85. The van der Waals surface area contributed by atoms with Crippen LogP contribution in [-0.2, 0) is 11.3 Å². The lowest BCUT2D eigenvalue weighted by molar-refractivity contribution is -0.145. The van der Waals surface area contributed by atoms with E-state index >= 15 is 0 Å². The Morgan fingerprint density at radius 3 is 2.85 bits per heavy atom. The highest BCUT2D eigenvalue weighted by Crippen LogP contribution is 2.41. The Morgan fingerprint density at radius 1 is 1.15 bits per heavy atom. The van der Waals surface area contributed by atoms with E-state index in [1.165, 1.54) is 12.1 Å². The smallest absolute Gasteiger partial charge is 0.230 e. The number of benzene rings is 1. The van der Waals surface area contributed by atoms with Crippen molar-refractivity contribution in [3.63, 3.8) is 0 Å². The van der Waals surface area contributed by atoms with E-state index in [1.54, 1.807) is 23.5 Å². The third kappa shape index (κ3) is 2.91. The molecule has 0 radical (unpaired) electrons. The van der Waals surface area contributed by atoms with Crippen LogP contribution in [0.1, 0.15) is 24.8 Å². The van der Waals surface area contributed by atoms with Crippen LogP contribution in [0.25, 0.3) is 0 Å². The highest BCUT2D eigenvalue weighted by atomic mass is 19.2. The van der Waals surface area contributed by atoms with E-state index in [1.807, 2.05) is 0 Å². The van der Waals surface area contributed by atoms with Crippen molar-refractivity contribution < 1.29 is 13.6 Å². The number of carbonyl (C=O) groups is 1. The first-order valence-electron chi connectivity index (χ1n) is 8.82. The predicted molar refractivity (Wildman–Crippen MR) is 92.3 cm³/mol. The van der Waals surface area contributed by atoms with Crippen LogP contribution in [0.3, 0.4) is 0 Å². The van der Waals surface area contributed by atoms with Crippen LogP contribution < -0.4 is 4.90 Å². The largest absolute Gasteiger partial charge is 0.354 e. The van der Waals surface area contributed by atoms with Crippen molar-refractivity contribution in [1.29, 1.82) is 0 Å². The first-order chi connectivity index (χ1) is 12.6. The molecule has 136 valence electrons. The van der Waals surface area contributed by atoms with Crippen molar-refractivity contribution in [1.82, 2.24) is 14.9 Å². The topological polar surface area (TPSA) is 49.3 Å². The standard InChI is InChI=1S/C19H20F2N4O/c20-15-4-1-3-14(17(15)21)12-24-9-2-5-19(18(24)26)6-10-25(13-19)16-11-22-7-8-23-16/h1,3-4,7-8,11H,2,5-6,9-10,12-13H2. The summed E-state index contributed by atoms with van der Waals surface area (Å²) < 4.78 is 27.5. The Kier molecular flexibility index (Phi) is 4.30. The molecule has 2 aliphatic heterocycles. The number of aromatic nitrogens is 2. The molecule has 1 atom stereocenters. The van der Waals surface area contributed by atoms with Gasteiger partial charge in [0.2, 0.25) is 5.91 Å². The van der Waals surface area contributed by atoms with Gasteiger partial charge in [-0.2, -0.15) is 0 Å². The summed E-state index contributed by atoms with van der Waals surface area (Å²) in [6.07, 6.45) is 7.37. The second-order valence-corrected chi connectivity index (χ2v) is 7.06.